The zero-order valence-electron chi connectivity index (χ0n) is 19.8. The van der Waals surface area contributed by atoms with Crippen LogP contribution in [0.3, 0.4) is 0 Å². The molecule has 2 atom stereocenters. The highest BCUT2D eigenvalue weighted by Crippen LogP contribution is 2.44. The van der Waals surface area contributed by atoms with E-state index in [0.717, 1.165) is 28.7 Å². The van der Waals surface area contributed by atoms with Crippen molar-refractivity contribution in [1.82, 2.24) is 10.2 Å². The van der Waals surface area contributed by atoms with Crippen molar-refractivity contribution in [1.29, 1.82) is 0 Å². The first-order valence-electron chi connectivity index (χ1n) is 12.0. The molecule has 0 aromatic heterocycles. The number of benzene rings is 2. The molecule has 7 nitrogen and oxygen atoms in total. The van der Waals surface area contributed by atoms with Crippen LogP contribution in [-0.2, 0) is 14.3 Å². The maximum atomic E-state index is 12.9. The fourth-order valence-corrected chi connectivity index (χ4v) is 5.29. The summed E-state index contributed by atoms with van der Waals surface area (Å²) in [5, 5.41) is 12.4. The van der Waals surface area contributed by atoms with Crippen molar-refractivity contribution >= 4 is 18.0 Å². The second-order valence-electron chi connectivity index (χ2n) is 9.39. The van der Waals surface area contributed by atoms with Gasteiger partial charge in [0.25, 0.3) is 0 Å². The minimum Gasteiger partial charge on any atom is -0.480 e. The van der Waals surface area contributed by atoms with Crippen LogP contribution < -0.4 is 5.32 Å². The third-order valence-corrected chi connectivity index (χ3v) is 7.13. The maximum Gasteiger partial charge on any atom is 0.407 e. The zero-order chi connectivity index (χ0) is 24.3. The van der Waals surface area contributed by atoms with Crippen molar-refractivity contribution in [3.63, 3.8) is 0 Å². The van der Waals surface area contributed by atoms with E-state index < -0.39 is 23.6 Å². The minimum atomic E-state index is -1.18. The molecule has 0 bridgehead atoms. The van der Waals surface area contributed by atoms with Crippen LogP contribution in [-0.4, -0.2) is 52.7 Å². The lowest BCUT2D eigenvalue weighted by atomic mass is 9.98. The molecule has 2 N–H and O–H groups in total. The highest BCUT2D eigenvalue weighted by molar-refractivity contribution is 5.88. The van der Waals surface area contributed by atoms with Gasteiger partial charge in [-0.15, -0.1) is 0 Å². The SMILES string of the molecule is CCC[C@@H](CC(=O)N1CCC[C@@]1(C)C(=O)O)NC(=O)OCC1c2ccccc2-c2ccccc21. The zero-order valence-corrected chi connectivity index (χ0v) is 19.8. The Morgan fingerprint density at radius 1 is 1.12 bits per heavy atom. The number of likely N-dealkylation sites (tertiary alicyclic amines) is 1. The van der Waals surface area contributed by atoms with Crippen LogP contribution >= 0.6 is 0 Å². The standard InChI is InChI=1S/C27H32N2O5/c1-3-9-18(16-24(30)29-15-8-14-27(29,2)25(31)32)28-26(33)34-17-23-21-12-6-4-10-19(21)20-11-5-7-13-22(20)23/h4-7,10-13,18,23H,3,8-9,14-17H2,1-2H3,(H,28,33)(H,31,32)/t18-,27-/m0/s1. The van der Waals surface area contributed by atoms with Crippen molar-refractivity contribution in [2.45, 2.75) is 63.5 Å². The van der Waals surface area contributed by atoms with E-state index in [4.69, 9.17) is 4.74 Å². The van der Waals surface area contributed by atoms with E-state index in [1.165, 1.54) is 4.90 Å². The number of carbonyl (C=O) groups is 3. The molecule has 0 saturated carbocycles. The Labute approximate surface area is 200 Å². The van der Waals surface area contributed by atoms with Gasteiger partial charge in [-0.05, 0) is 48.4 Å². The van der Waals surface area contributed by atoms with Gasteiger partial charge in [0.15, 0.2) is 0 Å². The number of nitrogens with one attached hydrogen (secondary N) is 1. The lowest BCUT2D eigenvalue weighted by Crippen LogP contribution is -2.52. The van der Waals surface area contributed by atoms with Gasteiger partial charge in [-0.2, -0.15) is 0 Å². The van der Waals surface area contributed by atoms with E-state index in [0.29, 0.717) is 25.8 Å². The second-order valence-corrected chi connectivity index (χ2v) is 9.39. The number of alkyl carbamates (subject to hydrolysis) is 1. The summed E-state index contributed by atoms with van der Waals surface area (Å²) in [6, 6.07) is 15.9. The van der Waals surface area contributed by atoms with Gasteiger partial charge in [0.2, 0.25) is 5.91 Å². The van der Waals surface area contributed by atoms with Gasteiger partial charge in [-0.3, -0.25) is 4.79 Å². The number of amides is 2. The average Bonchev–Trinajstić information content (AvgIpc) is 3.37. The Morgan fingerprint density at radius 3 is 2.32 bits per heavy atom. The van der Waals surface area contributed by atoms with Crippen LogP contribution in [0.5, 0.6) is 0 Å². The number of fused-ring (bicyclic) bond motifs is 3. The summed E-state index contributed by atoms with van der Waals surface area (Å²) < 4.78 is 5.63. The Hall–Kier alpha value is -3.35. The van der Waals surface area contributed by atoms with Gasteiger partial charge in [0, 0.05) is 24.9 Å². The number of hydrogen-bond acceptors (Lipinski definition) is 4. The van der Waals surface area contributed by atoms with E-state index in [1.807, 2.05) is 31.2 Å². The summed E-state index contributed by atoms with van der Waals surface area (Å²) in [6.07, 6.45) is 1.97. The number of carboxylic acids is 1. The number of rotatable bonds is 8. The molecule has 180 valence electrons. The topological polar surface area (TPSA) is 95.9 Å². The number of ether oxygens (including phenoxy) is 1. The Bertz CT molecular complexity index is 1040. The second kappa shape index (κ2) is 9.87. The van der Waals surface area contributed by atoms with Crippen LogP contribution in [0.2, 0.25) is 0 Å². The fraction of sp³-hybridized carbons (Fsp3) is 0.444. The molecule has 1 fully saturated rings. The summed E-state index contributed by atoms with van der Waals surface area (Å²) >= 11 is 0. The molecule has 1 aliphatic carbocycles. The highest BCUT2D eigenvalue weighted by atomic mass is 16.5. The van der Waals surface area contributed by atoms with E-state index in [-0.39, 0.29) is 24.9 Å². The monoisotopic (exact) mass is 464 g/mol. The summed E-state index contributed by atoms with van der Waals surface area (Å²) in [7, 11) is 0. The van der Waals surface area contributed by atoms with Gasteiger partial charge in [0.1, 0.15) is 12.1 Å². The van der Waals surface area contributed by atoms with Gasteiger partial charge in [-0.25, -0.2) is 9.59 Å². The molecule has 1 heterocycles. The van der Waals surface area contributed by atoms with Crippen LogP contribution in [0.4, 0.5) is 4.79 Å². The molecule has 0 unspecified atom stereocenters. The Balaban J connectivity index is 1.39. The molecule has 0 spiro atoms. The van der Waals surface area contributed by atoms with Crippen LogP contribution in [0.25, 0.3) is 11.1 Å². The number of carboxylic acid groups (broad SMARTS) is 1. The van der Waals surface area contributed by atoms with Gasteiger partial charge < -0.3 is 20.1 Å². The van der Waals surface area contributed by atoms with E-state index in [1.54, 1.807) is 6.92 Å². The summed E-state index contributed by atoms with van der Waals surface area (Å²) in [6.45, 7) is 4.20. The van der Waals surface area contributed by atoms with Gasteiger partial charge >= 0.3 is 12.1 Å². The number of aliphatic carboxylic acids is 1. The quantitative estimate of drug-likeness (QED) is 0.598. The molecular formula is C27H32N2O5. The number of nitrogens with zero attached hydrogens (tertiary/aromatic N) is 1. The smallest absolute Gasteiger partial charge is 0.407 e. The van der Waals surface area contributed by atoms with E-state index in [9.17, 15) is 19.5 Å². The minimum absolute atomic E-state index is 0.0368. The van der Waals surface area contributed by atoms with Crippen molar-refractivity contribution in [3.8, 4) is 11.1 Å². The normalized spacial score (nSPS) is 19.9. The molecule has 4 rings (SSSR count). The lowest BCUT2D eigenvalue weighted by Gasteiger charge is -2.32. The molecule has 1 aliphatic heterocycles. The van der Waals surface area contributed by atoms with Crippen LogP contribution in [0.15, 0.2) is 48.5 Å². The predicted molar refractivity (Wildman–Crippen MR) is 129 cm³/mol. The molecule has 1 saturated heterocycles. The van der Waals surface area contributed by atoms with Crippen molar-refractivity contribution in [3.05, 3.63) is 59.7 Å². The molecule has 2 aromatic rings. The highest BCUT2D eigenvalue weighted by Gasteiger charge is 2.46. The third-order valence-electron chi connectivity index (χ3n) is 7.13. The van der Waals surface area contributed by atoms with Crippen molar-refractivity contribution in [2.24, 2.45) is 0 Å². The third kappa shape index (κ3) is 4.52. The summed E-state index contributed by atoms with van der Waals surface area (Å²) in [5.74, 6) is -1.28. The number of hydrogen-bond donors (Lipinski definition) is 2. The molecule has 34 heavy (non-hydrogen) atoms. The largest absolute Gasteiger partial charge is 0.480 e. The van der Waals surface area contributed by atoms with E-state index in [2.05, 4.69) is 29.6 Å². The van der Waals surface area contributed by atoms with Crippen molar-refractivity contribution in [2.75, 3.05) is 13.2 Å². The summed E-state index contributed by atoms with van der Waals surface area (Å²) in [4.78, 5) is 38.8. The van der Waals surface area contributed by atoms with Crippen LogP contribution in [0, 0.1) is 0 Å². The number of carbonyl (C=O) groups excluding carboxylic acids is 2. The fourth-order valence-electron chi connectivity index (χ4n) is 5.29. The molecule has 2 amide bonds. The molecular weight excluding hydrogens is 432 g/mol. The first-order chi connectivity index (χ1) is 16.3. The van der Waals surface area contributed by atoms with E-state index >= 15 is 0 Å². The molecule has 0 radical (unpaired) electrons. The summed E-state index contributed by atoms with van der Waals surface area (Å²) in [5.41, 5.74) is 3.41. The molecule has 2 aromatic carbocycles. The first-order valence-corrected chi connectivity index (χ1v) is 12.0. The first kappa shape index (κ1) is 23.8. The van der Waals surface area contributed by atoms with Crippen molar-refractivity contribution < 1.29 is 24.2 Å². The Morgan fingerprint density at radius 2 is 1.74 bits per heavy atom. The Kier molecular flexibility index (Phi) is 6.91. The molecule has 2 aliphatic rings. The maximum absolute atomic E-state index is 12.9. The van der Waals surface area contributed by atoms with Gasteiger partial charge in [0.05, 0.1) is 0 Å². The average molecular weight is 465 g/mol. The molecule has 7 heteroatoms. The van der Waals surface area contributed by atoms with Crippen LogP contribution in [0.1, 0.15) is 63.0 Å². The van der Waals surface area contributed by atoms with Gasteiger partial charge in [-0.1, -0.05) is 61.9 Å². The lowest BCUT2D eigenvalue weighted by molar-refractivity contribution is -0.155. The predicted octanol–water partition coefficient (Wildman–Crippen LogP) is 4.55.